The molecule has 2 aromatic carbocycles. The highest BCUT2D eigenvalue weighted by Gasteiger charge is 2.32. The summed E-state index contributed by atoms with van der Waals surface area (Å²) in [5, 5.41) is 5.42. The molecule has 3 rings (SSSR count). The molecule has 0 saturated heterocycles. The van der Waals surface area contributed by atoms with E-state index in [9.17, 15) is 14.4 Å². The van der Waals surface area contributed by atoms with Crippen LogP contribution in [0.3, 0.4) is 0 Å². The zero-order valence-electron chi connectivity index (χ0n) is 20.2. The highest BCUT2D eigenvalue weighted by molar-refractivity contribution is 5.90. The van der Waals surface area contributed by atoms with E-state index >= 15 is 0 Å². The average molecular weight is 478 g/mol. The first-order valence-electron chi connectivity index (χ1n) is 11.4. The number of amides is 3. The maximum absolute atomic E-state index is 13.5. The lowest BCUT2D eigenvalue weighted by Gasteiger charge is -2.31. The van der Waals surface area contributed by atoms with E-state index in [4.69, 9.17) is 9.15 Å². The lowest BCUT2D eigenvalue weighted by molar-refractivity contribution is -0.141. The topological polar surface area (TPSA) is 101 Å². The van der Waals surface area contributed by atoms with Gasteiger partial charge in [-0.3, -0.25) is 9.59 Å². The third-order valence-electron chi connectivity index (χ3n) is 4.99. The monoisotopic (exact) mass is 477 g/mol. The van der Waals surface area contributed by atoms with E-state index in [0.717, 1.165) is 5.56 Å². The number of rotatable bonds is 9. The molecule has 8 nitrogen and oxygen atoms in total. The summed E-state index contributed by atoms with van der Waals surface area (Å²) < 4.78 is 10.7. The van der Waals surface area contributed by atoms with Crippen molar-refractivity contribution in [3.05, 3.63) is 95.9 Å². The third-order valence-corrected chi connectivity index (χ3v) is 4.99. The van der Waals surface area contributed by atoms with Gasteiger partial charge in [-0.05, 0) is 44.0 Å². The van der Waals surface area contributed by atoms with Crippen LogP contribution in [0.25, 0.3) is 0 Å². The smallest absolute Gasteiger partial charge is 0.408 e. The molecule has 0 fully saturated rings. The highest BCUT2D eigenvalue weighted by Crippen LogP contribution is 2.24. The van der Waals surface area contributed by atoms with Gasteiger partial charge in [-0.25, -0.2) is 4.79 Å². The predicted octanol–water partition coefficient (Wildman–Crippen LogP) is 4.19. The van der Waals surface area contributed by atoms with E-state index in [0.29, 0.717) is 17.9 Å². The van der Waals surface area contributed by atoms with E-state index in [2.05, 4.69) is 10.6 Å². The fourth-order valence-electron chi connectivity index (χ4n) is 3.45. The Labute approximate surface area is 205 Å². The standard InChI is InChI=1S/C27H31N3O5/c1-27(2,3)35-26(33)29-18-23(31)30(19-22-15-10-16-34-22)24(21-13-8-5-9-14-21)25(32)28-17-20-11-6-4-7-12-20/h4-16,24H,17-19H2,1-3H3,(H,28,32)(H,29,33). The normalized spacial score (nSPS) is 11.9. The molecule has 0 radical (unpaired) electrons. The van der Waals surface area contributed by atoms with Crippen molar-refractivity contribution in [2.24, 2.45) is 0 Å². The quantitative estimate of drug-likeness (QED) is 0.481. The van der Waals surface area contributed by atoms with Gasteiger partial charge in [-0.15, -0.1) is 0 Å². The van der Waals surface area contributed by atoms with Gasteiger partial charge in [0.2, 0.25) is 11.8 Å². The van der Waals surface area contributed by atoms with Gasteiger partial charge < -0.3 is 24.7 Å². The molecule has 1 aromatic heterocycles. The first-order chi connectivity index (χ1) is 16.7. The second kappa shape index (κ2) is 11.9. The molecule has 0 aliphatic heterocycles. The second-order valence-corrected chi connectivity index (χ2v) is 8.97. The number of ether oxygens (including phenoxy) is 1. The van der Waals surface area contributed by atoms with Crippen molar-refractivity contribution in [2.45, 2.75) is 45.5 Å². The van der Waals surface area contributed by atoms with E-state index in [-0.39, 0.29) is 19.0 Å². The van der Waals surface area contributed by atoms with Crippen LogP contribution in [0.1, 0.15) is 43.7 Å². The van der Waals surface area contributed by atoms with Crippen LogP contribution < -0.4 is 10.6 Å². The molecule has 0 aliphatic carbocycles. The molecule has 0 saturated carbocycles. The average Bonchev–Trinajstić information content (AvgIpc) is 3.34. The molecule has 8 heteroatoms. The van der Waals surface area contributed by atoms with Crippen molar-refractivity contribution in [2.75, 3.05) is 6.54 Å². The van der Waals surface area contributed by atoms with Crippen LogP contribution in [-0.4, -0.2) is 35.0 Å². The minimum atomic E-state index is -0.946. The molecule has 1 heterocycles. The largest absolute Gasteiger partial charge is 0.467 e. The lowest BCUT2D eigenvalue weighted by Crippen LogP contribution is -2.47. The van der Waals surface area contributed by atoms with Crippen LogP contribution in [0, 0.1) is 0 Å². The van der Waals surface area contributed by atoms with Gasteiger partial charge in [-0.2, -0.15) is 0 Å². The molecular weight excluding hydrogens is 446 g/mol. The Morgan fingerprint density at radius 2 is 1.57 bits per heavy atom. The SMILES string of the molecule is CC(C)(C)OC(=O)NCC(=O)N(Cc1ccco1)C(C(=O)NCc1ccccc1)c1ccccc1. The Morgan fingerprint density at radius 1 is 0.914 bits per heavy atom. The summed E-state index contributed by atoms with van der Waals surface area (Å²) in [6.07, 6.45) is 0.790. The lowest BCUT2D eigenvalue weighted by atomic mass is 10.0. The van der Waals surface area contributed by atoms with Gasteiger partial charge in [0.05, 0.1) is 12.8 Å². The van der Waals surface area contributed by atoms with Gasteiger partial charge in [0.15, 0.2) is 0 Å². The Kier molecular flexibility index (Phi) is 8.67. The molecule has 3 aromatic rings. The number of furan rings is 1. The van der Waals surface area contributed by atoms with E-state index < -0.39 is 23.6 Å². The molecule has 1 unspecified atom stereocenters. The molecule has 184 valence electrons. The second-order valence-electron chi connectivity index (χ2n) is 8.97. The molecule has 35 heavy (non-hydrogen) atoms. The fraction of sp³-hybridized carbons (Fsp3) is 0.296. The van der Waals surface area contributed by atoms with E-state index in [1.54, 1.807) is 57.2 Å². The van der Waals surface area contributed by atoms with Crippen molar-refractivity contribution < 1.29 is 23.5 Å². The van der Waals surface area contributed by atoms with Gasteiger partial charge >= 0.3 is 6.09 Å². The van der Waals surface area contributed by atoms with Crippen molar-refractivity contribution in [3.8, 4) is 0 Å². The summed E-state index contributed by atoms with van der Waals surface area (Å²) >= 11 is 0. The van der Waals surface area contributed by atoms with Crippen LogP contribution in [0.15, 0.2) is 83.5 Å². The van der Waals surface area contributed by atoms with Crippen LogP contribution in [0.2, 0.25) is 0 Å². The number of carbonyl (C=O) groups excluding carboxylic acids is 3. The Morgan fingerprint density at radius 3 is 2.17 bits per heavy atom. The maximum atomic E-state index is 13.5. The molecule has 2 N–H and O–H groups in total. The van der Waals surface area contributed by atoms with Crippen molar-refractivity contribution in [1.82, 2.24) is 15.5 Å². The van der Waals surface area contributed by atoms with Gasteiger partial charge in [-0.1, -0.05) is 60.7 Å². The number of carbonyl (C=O) groups is 3. The van der Waals surface area contributed by atoms with Gasteiger partial charge in [0.25, 0.3) is 0 Å². The van der Waals surface area contributed by atoms with Crippen molar-refractivity contribution in [3.63, 3.8) is 0 Å². The fourth-order valence-corrected chi connectivity index (χ4v) is 3.45. The molecule has 3 amide bonds. The number of alkyl carbamates (subject to hydrolysis) is 1. The van der Waals surface area contributed by atoms with E-state index in [1.807, 2.05) is 36.4 Å². The predicted molar refractivity (Wildman–Crippen MR) is 131 cm³/mol. The summed E-state index contributed by atoms with van der Waals surface area (Å²) in [4.78, 5) is 40.4. The number of hydrogen-bond donors (Lipinski definition) is 2. The summed E-state index contributed by atoms with van der Waals surface area (Å²) in [6, 6.07) is 21.0. The zero-order chi connectivity index (χ0) is 25.3. The van der Waals surface area contributed by atoms with Crippen molar-refractivity contribution in [1.29, 1.82) is 0 Å². The minimum absolute atomic E-state index is 0.0418. The van der Waals surface area contributed by atoms with Crippen LogP contribution in [-0.2, 0) is 27.4 Å². The molecular formula is C27H31N3O5. The summed E-state index contributed by atoms with van der Waals surface area (Å²) in [7, 11) is 0. The molecule has 0 spiro atoms. The zero-order valence-corrected chi connectivity index (χ0v) is 20.2. The molecule has 0 aliphatic rings. The van der Waals surface area contributed by atoms with Gasteiger partial charge in [0.1, 0.15) is 23.9 Å². The number of nitrogens with zero attached hydrogens (tertiary/aromatic N) is 1. The number of benzene rings is 2. The third kappa shape index (κ3) is 8.03. The van der Waals surface area contributed by atoms with Crippen LogP contribution >= 0.6 is 0 Å². The van der Waals surface area contributed by atoms with Gasteiger partial charge in [0, 0.05) is 6.54 Å². The number of hydrogen-bond acceptors (Lipinski definition) is 5. The number of nitrogens with one attached hydrogen (secondary N) is 2. The minimum Gasteiger partial charge on any atom is -0.467 e. The Bertz CT molecular complexity index is 1090. The maximum Gasteiger partial charge on any atom is 0.408 e. The Hall–Kier alpha value is -4.07. The summed E-state index contributed by atoms with van der Waals surface area (Å²) in [6.45, 7) is 5.22. The van der Waals surface area contributed by atoms with Crippen LogP contribution in [0.5, 0.6) is 0 Å². The molecule has 1 atom stereocenters. The highest BCUT2D eigenvalue weighted by atomic mass is 16.6. The summed E-state index contributed by atoms with van der Waals surface area (Å²) in [5.41, 5.74) is 0.864. The van der Waals surface area contributed by atoms with E-state index in [1.165, 1.54) is 11.2 Å². The first-order valence-corrected chi connectivity index (χ1v) is 11.4. The Balaban J connectivity index is 1.84. The van der Waals surface area contributed by atoms with Crippen molar-refractivity contribution >= 4 is 17.9 Å². The molecule has 0 bridgehead atoms. The van der Waals surface area contributed by atoms with Crippen LogP contribution in [0.4, 0.5) is 4.79 Å². The summed E-state index contributed by atoms with van der Waals surface area (Å²) in [5.74, 6) is -0.305. The first kappa shape index (κ1) is 25.6.